The first kappa shape index (κ1) is 44.2. The number of carbonyl (C=O) groups excluding carboxylic acids is 4. The van der Waals surface area contributed by atoms with Gasteiger partial charge in [-0.15, -0.1) is 0 Å². The van der Waals surface area contributed by atoms with Gasteiger partial charge in [0.2, 0.25) is 17.8 Å². The Bertz CT molecular complexity index is 2870. The van der Waals surface area contributed by atoms with Crippen molar-refractivity contribution in [3.63, 3.8) is 0 Å². The summed E-state index contributed by atoms with van der Waals surface area (Å²) in [6, 6.07) is 18.9. The normalized spacial score (nSPS) is 23.1. The molecule has 352 valence electrons. The van der Waals surface area contributed by atoms with Crippen molar-refractivity contribution < 1.29 is 24.3 Å². The molecule has 3 N–H and O–H groups in total. The number of piperazine rings is 1. The number of hydrogen-bond donors (Lipinski definition) is 3. The van der Waals surface area contributed by atoms with Gasteiger partial charge in [-0.1, -0.05) is 49.2 Å². The smallest absolute Gasteiger partial charge is 0.263 e. The van der Waals surface area contributed by atoms with E-state index in [0.29, 0.717) is 71.8 Å². The predicted octanol–water partition coefficient (Wildman–Crippen LogP) is 5.65. The number of Topliss-reactive ketones (excluding diaryl/α,β-unsaturated/α-hetero) is 1. The second-order valence-corrected chi connectivity index (χ2v) is 20.0. The lowest BCUT2D eigenvalue weighted by Gasteiger charge is -2.42. The molecule has 11 rings (SSSR count). The van der Waals surface area contributed by atoms with Gasteiger partial charge in [0, 0.05) is 87.5 Å². The molecule has 0 spiro atoms. The van der Waals surface area contributed by atoms with Gasteiger partial charge in [0.25, 0.3) is 11.5 Å². The molecule has 1 aliphatic carbocycles. The zero-order chi connectivity index (χ0) is 46.8. The van der Waals surface area contributed by atoms with E-state index < -0.39 is 17.6 Å². The van der Waals surface area contributed by atoms with E-state index in [1.54, 1.807) is 28.7 Å². The maximum absolute atomic E-state index is 13.7. The predicted molar refractivity (Wildman–Crippen MR) is 255 cm³/mol. The number of benzene rings is 2. The highest BCUT2D eigenvalue weighted by Crippen LogP contribution is 2.38. The molecule has 3 atom stereocenters. The molecular weight excluding hydrogens is 861 g/mol. The van der Waals surface area contributed by atoms with Gasteiger partial charge in [-0.05, 0) is 105 Å². The van der Waals surface area contributed by atoms with Gasteiger partial charge in [0.1, 0.15) is 17.5 Å². The van der Waals surface area contributed by atoms with E-state index in [1.807, 2.05) is 24.4 Å². The first-order chi connectivity index (χ1) is 32.9. The summed E-state index contributed by atoms with van der Waals surface area (Å²) < 4.78 is 1.73. The minimum atomic E-state index is -0.997. The van der Waals surface area contributed by atoms with E-state index in [4.69, 9.17) is 9.97 Å². The highest BCUT2D eigenvalue weighted by atomic mass is 16.3. The Labute approximate surface area is 394 Å². The molecule has 8 heterocycles. The number of amides is 3. The minimum Gasteiger partial charge on any atom is -0.385 e. The minimum absolute atomic E-state index is 0.00960. The number of likely N-dealkylation sites (tertiary alicyclic amines) is 1. The second kappa shape index (κ2) is 17.6. The van der Waals surface area contributed by atoms with Crippen molar-refractivity contribution in [2.24, 2.45) is 0 Å². The average molecular weight is 919 g/mol. The molecular formula is C52H58N10O6. The van der Waals surface area contributed by atoms with Crippen LogP contribution in [0.4, 0.5) is 17.5 Å². The van der Waals surface area contributed by atoms with Crippen molar-refractivity contribution in [3.05, 3.63) is 116 Å². The van der Waals surface area contributed by atoms with Gasteiger partial charge >= 0.3 is 0 Å². The van der Waals surface area contributed by atoms with Crippen LogP contribution in [0.15, 0.2) is 71.8 Å². The van der Waals surface area contributed by atoms with E-state index >= 15 is 0 Å². The molecule has 3 aromatic heterocycles. The summed E-state index contributed by atoms with van der Waals surface area (Å²) in [6.07, 6.45) is 11.5. The maximum atomic E-state index is 13.7. The fourth-order valence-corrected chi connectivity index (χ4v) is 12.0. The third kappa shape index (κ3) is 8.15. The topological polar surface area (TPSA) is 186 Å². The van der Waals surface area contributed by atoms with E-state index in [0.717, 1.165) is 94.6 Å². The summed E-state index contributed by atoms with van der Waals surface area (Å²) in [5.74, 6) is -0.205. The number of piperidine rings is 2. The Morgan fingerprint density at radius 3 is 2.25 bits per heavy atom. The number of aryl methyl sites for hydroxylation is 1. The Balaban J connectivity index is 0.676. The molecule has 5 fully saturated rings. The molecule has 2 aromatic carbocycles. The van der Waals surface area contributed by atoms with E-state index in [1.165, 1.54) is 18.1 Å². The Kier molecular flexibility index (Phi) is 11.4. The molecule has 3 unspecified atom stereocenters. The van der Waals surface area contributed by atoms with Crippen molar-refractivity contribution in [2.75, 3.05) is 36.4 Å². The molecule has 16 heteroatoms. The van der Waals surface area contributed by atoms with Crippen LogP contribution in [0, 0.1) is 6.92 Å². The molecule has 16 nitrogen and oxygen atoms in total. The average Bonchev–Trinajstić information content (AvgIpc) is 4.03. The van der Waals surface area contributed by atoms with Crippen LogP contribution in [-0.2, 0) is 34.8 Å². The van der Waals surface area contributed by atoms with Crippen molar-refractivity contribution >= 4 is 52.0 Å². The number of ketones is 1. The van der Waals surface area contributed by atoms with Crippen LogP contribution in [0.1, 0.15) is 126 Å². The molecule has 3 amide bonds. The molecule has 68 heavy (non-hydrogen) atoms. The van der Waals surface area contributed by atoms with Crippen molar-refractivity contribution in [3.8, 4) is 0 Å². The summed E-state index contributed by atoms with van der Waals surface area (Å²) in [5.41, 5.74) is 5.93. The number of pyridine rings is 2. The van der Waals surface area contributed by atoms with Crippen LogP contribution in [0.25, 0.3) is 11.0 Å². The summed E-state index contributed by atoms with van der Waals surface area (Å²) in [6.45, 7) is 8.61. The number of fused-ring (bicyclic) bond motifs is 4. The Morgan fingerprint density at radius 1 is 0.853 bits per heavy atom. The zero-order valence-corrected chi connectivity index (χ0v) is 38.7. The largest absolute Gasteiger partial charge is 0.385 e. The number of imide groups is 1. The molecule has 2 bridgehead atoms. The monoisotopic (exact) mass is 918 g/mol. The Hall–Kier alpha value is -6.36. The van der Waals surface area contributed by atoms with Crippen LogP contribution in [-0.4, -0.2) is 107 Å². The number of aliphatic hydroxyl groups is 1. The van der Waals surface area contributed by atoms with E-state index in [-0.39, 0.29) is 41.2 Å². The summed E-state index contributed by atoms with van der Waals surface area (Å²) in [5, 5.41) is 18.2. The van der Waals surface area contributed by atoms with Crippen molar-refractivity contribution in [1.29, 1.82) is 0 Å². The maximum Gasteiger partial charge on any atom is 0.263 e. The Morgan fingerprint density at radius 2 is 1.57 bits per heavy atom. The van der Waals surface area contributed by atoms with Crippen molar-refractivity contribution in [2.45, 2.75) is 127 Å². The highest BCUT2D eigenvalue weighted by Gasteiger charge is 2.42. The number of nitrogens with zero attached hydrogens (tertiary/aromatic N) is 8. The van der Waals surface area contributed by atoms with E-state index in [9.17, 15) is 29.1 Å². The number of aromatic nitrogens is 4. The molecule has 1 saturated carbocycles. The van der Waals surface area contributed by atoms with Gasteiger partial charge in [0.05, 0.1) is 23.0 Å². The van der Waals surface area contributed by atoms with Crippen LogP contribution < -0.4 is 21.1 Å². The number of anilines is 3. The third-order valence-corrected chi connectivity index (χ3v) is 15.8. The molecule has 0 radical (unpaired) electrons. The lowest BCUT2D eigenvalue weighted by molar-refractivity contribution is -0.136. The third-order valence-electron chi connectivity index (χ3n) is 15.8. The van der Waals surface area contributed by atoms with Gasteiger partial charge in [-0.3, -0.25) is 43.7 Å². The van der Waals surface area contributed by atoms with Crippen LogP contribution in [0.2, 0.25) is 0 Å². The fourth-order valence-electron chi connectivity index (χ4n) is 12.0. The summed E-state index contributed by atoms with van der Waals surface area (Å²) in [4.78, 5) is 86.8. The van der Waals surface area contributed by atoms with E-state index in [2.05, 4.69) is 60.6 Å². The van der Waals surface area contributed by atoms with Crippen LogP contribution >= 0.6 is 0 Å². The van der Waals surface area contributed by atoms with Gasteiger partial charge in [-0.2, -0.15) is 4.98 Å². The second-order valence-electron chi connectivity index (χ2n) is 20.0. The highest BCUT2D eigenvalue weighted by molar-refractivity contribution is 6.05. The van der Waals surface area contributed by atoms with Gasteiger partial charge < -0.3 is 20.2 Å². The fraction of sp³-hybridized carbons (Fsp3) is 0.462. The standard InChI is InChI=1S/C52H58N10O6/c1-31-42-25-54-51(57-47(42)62(37-5-3-4-6-37)50(67)46(31)32(2)63)55-44-17-14-38(24-53-44)59-29-39-12-13-40(30-59)60(39)27-34-9-7-33(8-10-34)26-58-21-19-52(68,20-22-58)36-11-15-41-35(23-36)28-61(49(41)66)43-16-18-45(64)56-48(43)65/h7-11,14-15,17,23-25,37,39-40,43,68H,3-6,12-13,16,18-22,26-30H2,1-2H3,(H,56,64,65)(H,53,54,55,57). The molecule has 5 aromatic rings. The first-order valence-corrected chi connectivity index (χ1v) is 24.4. The quantitative estimate of drug-likeness (QED) is 0.109. The number of nitrogens with one attached hydrogen (secondary N) is 2. The summed E-state index contributed by atoms with van der Waals surface area (Å²) >= 11 is 0. The zero-order valence-electron chi connectivity index (χ0n) is 38.7. The lowest BCUT2D eigenvalue weighted by atomic mass is 9.83. The summed E-state index contributed by atoms with van der Waals surface area (Å²) in [7, 11) is 0. The SMILES string of the molecule is CC(=O)c1c(C)c2cnc(Nc3ccc(N4CC5CCC(C4)N5Cc4ccc(CN5CCC(O)(c6ccc7c(c6)CN(C6CCC(=O)NC6=O)C7=O)CC5)cc4)cn3)nc2n(C2CCCC2)c1=O. The molecule has 4 saturated heterocycles. The number of rotatable bonds is 11. The van der Waals surface area contributed by atoms with Crippen LogP contribution in [0.5, 0.6) is 0 Å². The van der Waals surface area contributed by atoms with Gasteiger partial charge in [0.15, 0.2) is 5.78 Å². The van der Waals surface area contributed by atoms with Crippen LogP contribution in [0.3, 0.4) is 0 Å². The molecule has 5 aliphatic heterocycles. The number of carbonyl (C=O) groups is 4. The first-order valence-electron chi connectivity index (χ1n) is 24.4. The lowest BCUT2D eigenvalue weighted by Crippen LogP contribution is -2.53. The molecule has 6 aliphatic rings. The van der Waals surface area contributed by atoms with Gasteiger partial charge in [-0.25, -0.2) is 9.97 Å². The van der Waals surface area contributed by atoms with Crippen molar-refractivity contribution in [1.82, 2.24) is 39.5 Å². The number of hydrogen-bond acceptors (Lipinski definition) is 13.